The first-order valence-electron chi connectivity index (χ1n) is 9.48. The zero-order chi connectivity index (χ0) is 20.9. The predicted molar refractivity (Wildman–Crippen MR) is 109 cm³/mol. The number of carbonyl (C=O) groups excluding carboxylic acids is 2. The standard InChI is InChI=1S/C22H29ClO5/c1-15(11-21(2,3)4)9-19(25)27-14-22(13-24)12-17(20(26)28-22)10-16-5-7-18(23)8-6-16/h5-8,10,15,24H,9,11-14H2,1-4H3/b17-10-. The van der Waals surface area contributed by atoms with Crippen molar-refractivity contribution in [1.82, 2.24) is 0 Å². The Bertz CT molecular complexity index is 732. The summed E-state index contributed by atoms with van der Waals surface area (Å²) in [5.41, 5.74) is 0.138. The van der Waals surface area contributed by atoms with E-state index in [0.29, 0.717) is 17.0 Å². The number of rotatable bonds is 7. The molecule has 1 heterocycles. The summed E-state index contributed by atoms with van der Waals surface area (Å²) in [5.74, 6) is -0.680. The summed E-state index contributed by atoms with van der Waals surface area (Å²) in [6.07, 6.45) is 3.06. The largest absolute Gasteiger partial charge is 0.461 e. The lowest BCUT2D eigenvalue weighted by Gasteiger charge is -2.25. The Hall–Kier alpha value is -1.85. The van der Waals surface area contributed by atoms with Crippen molar-refractivity contribution in [1.29, 1.82) is 0 Å². The van der Waals surface area contributed by atoms with E-state index in [-0.39, 0.29) is 30.3 Å². The molecule has 6 heteroatoms. The van der Waals surface area contributed by atoms with Crippen LogP contribution >= 0.6 is 11.6 Å². The number of aliphatic hydroxyl groups excluding tert-OH is 1. The van der Waals surface area contributed by atoms with Crippen LogP contribution in [0.4, 0.5) is 0 Å². The summed E-state index contributed by atoms with van der Waals surface area (Å²) in [6, 6.07) is 7.04. The quantitative estimate of drug-likeness (QED) is 0.534. The zero-order valence-corrected chi connectivity index (χ0v) is 17.7. The highest BCUT2D eigenvalue weighted by molar-refractivity contribution is 6.30. The molecule has 0 aliphatic carbocycles. The maximum atomic E-state index is 12.2. The molecule has 154 valence electrons. The SMILES string of the molecule is CC(CC(=O)OCC1(CO)C/C(=C/c2ccc(Cl)cc2)C(=O)O1)CC(C)(C)C. The molecule has 1 aromatic carbocycles. The van der Waals surface area contributed by atoms with Crippen molar-refractivity contribution in [3.63, 3.8) is 0 Å². The van der Waals surface area contributed by atoms with Crippen molar-refractivity contribution in [2.75, 3.05) is 13.2 Å². The molecule has 1 N–H and O–H groups in total. The van der Waals surface area contributed by atoms with Gasteiger partial charge in [-0.3, -0.25) is 4.79 Å². The van der Waals surface area contributed by atoms with E-state index in [2.05, 4.69) is 20.8 Å². The monoisotopic (exact) mass is 408 g/mol. The van der Waals surface area contributed by atoms with E-state index in [1.165, 1.54) is 0 Å². The molecule has 1 aromatic rings. The number of hydrogen-bond donors (Lipinski definition) is 1. The number of aliphatic hydroxyl groups is 1. The molecule has 5 nitrogen and oxygen atoms in total. The Kier molecular flexibility index (Phi) is 7.29. The van der Waals surface area contributed by atoms with Crippen LogP contribution in [0.1, 0.15) is 52.5 Å². The van der Waals surface area contributed by atoms with Crippen LogP contribution in [-0.4, -0.2) is 35.9 Å². The maximum absolute atomic E-state index is 12.2. The summed E-state index contributed by atoms with van der Waals surface area (Å²) >= 11 is 5.87. The normalized spacial score (nSPS) is 22.2. The lowest BCUT2D eigenvalue weighted by Crippen LogP contribution is -2.39. The van der Waals surface area contributed by atoms with E-state index < -0.39 is 18.2 Å². The van der Waals surface area contributed by atoms with Gasteiger partial charge in [0.15, 0.2) is 5.60 Å². The molecule has 28 heavy (non-hydrogen) atoms. The van der Waals surface area contributed by atoms with Crippen molar-refractivity contribution < 1.29 is 24.2 Å². The fourth-order valence-corrected chi connectivity index (χ4v) is 3.60. The van der Waals surface area contributed by atoms with Crippen LogP contribution < -0.4 is 0 Å². The molecule has 1 aliphatic rings. The second-order valence-electron chi connectivity index (χ2n) is 8.86. The van der Waals surface area contributed by atoms with Gasteiger partial charge in [-0.05, 0) is 41.5 Å². The highest BCUT2D eigenvalue weighted by Gasteiger charge is 2.44. The van der Waals surface area contributed by atoms with Gasteiger partial charge in [0, 0.05) is 23.4 Å². The third-order valence-electron chi connectivity index (χ3n) is 4.56. The third-order valence-corrected chi connectivity index (χ3v) is 4.81. The molecule has 0 amide bonds. The first-order chi connectivity index (χ1) is 13.0. The number of cyclic esters (lactones) is 1. The highest BCUT2D eigenvalue weighted by Crippen LogP contribution is 2.33. The van der Waals surface area contributed by atoms with E-state index in [4.69, 9.17) is 21.1 Å². The van der Waals surface area contributed by atoms with Crippen molar-refractivity contribution >= 4 is 29.6 Å². The first kappa shape index (κ1) is 22.4. The number of hydrogen-bond acceptors (Lipinski definition) is 5. The smallest absolute Gasteiger partial charge is 0.334 e. The Balaban J connectivity index is 1.97. The van der Waals surface area contributed by atoms with E-state index in [1.54, 1.807) is 30.3 Å². The summed E-state index contributed by atoms with van der Waals surface area (Å²) in [6.45, 7) is 7.82. The molecule has 0 aromatic heterocycles. The molecular formula is C22H29ClO5. The molecule has 1 fully saturated rings. The Labute approximate surface area is 171 Å². The second-order valence-corrected chi connectivity index (χ2v) is 9.30. The average molecular weight is 409 g/mol. The van der Waals surface area contributed by atoms with Crippen molar-refractivity contribution in [2.45, 2.75) is 52.6 Å². The minimum Gasteiger partial charge on any atom is -0.461 e. The van der Waals surface area contributed by atoms with Crippen LogP contribution in [0.5, 0.6) is 0 Å². The van der Waals surface area contributed by atoms with E-state index in [9.17, 15) is 14.7 Å². The van der Waals surface area contributed by atoms with Crippen LogP contribution in [0, 0.1) is 11.3 Å². The Morgan fingerprint density at radius 3 is 2.57 bits per heavy atom. The molecule has 0 radical (unpaired) electrons. The molecule has 1 saturated heterocycles. The van der Waals surface area contributed by atoms with E-state index in [1.807, 2.05) is 6.92 Å². The topological polar surface area (TPSA) is 72.8 Å². The average Bonchev–Trinajstić information content (AvgIpc) is 2.90. The van der Waals surface area contributed by atoms with E-state index >= 15 is 0 Å². The minimum atomic E-state index is -1.22. The highest BCUT2D eigenvalue weighted by atomic mass is 35.5. The van der Waals surface area contributed by atoms with Gasteiger partial charge >= 0.3 is 11.9 Å². The first-order valence-corrected chi connectivity index (χ1v) is 9.86. The lowest BCUT2D eigenvalue weighted by atomic mass is 9.84. The van der Waals surface area contributed by atoms with Gasteiger partial charge in [0.2, 0.25) is 0 Å². The van der Waals surface area contributed by atoms with Crippen molar-refractivity contribution in [3.8, 4) is 0 Å². The summed E-state index contributed by atoms with van der Waals surface area (Å²) < 4.78 is 10.7. The lowest BCUT2D eigenvalue weighted by molar-refractivity contribution is -0.166. The molecule has 2 unspecified atom stereocenters. The molecule has 2 rings (SSSR count). The van der Waals surface area contributed by atoms with E-state index in [0.717, 1.165) is 12.0 Å². The van der Waals surface area contributed by atoms with Gasteiger partial charge in [0.25, 0.3) is 0 Å². The number of carbonyl (C=O) groups is 2. The van der Waals surface area contributed by atoms with Crippen molar-refractivity contribution in [3.05, 3.63) is 40.4 Å². The summed E-state index contributed by atoms with van der Waals surface area (Å²) in [4.78, 5) is 24.4. The zero-order valence-electron chi connectivity index (χ0n) is 17.0. The van der Waals surface area contributed by atoms with Crippen LogP contribution in [0.3, 0.4) is 0 Å². The minimum absolute atomic E-state index is 0.133. The number of ether oxygens (including phenoxy) is 2. The fraction of sp³-hybridized carbons (Fsp3) is 0.545. The van der Waals surface area contributed by atoms with Gasteiger partial charge in [0.05, 0.1) is 6.61 Å². The number of esters is 2. The second kappa shape index (κ2) is 9.10. The van der Waals surface area contributed by atoms with Gasteiger partial charge in [-0.1, -0.05) is 51.4 Å². The van der Waals surface area contributed by atoms with Gasteiger partial charge < -0.3 is 14.6 Å². The summed E-state index contributed by atoms with van der Waals surface area (Å²) in [7, 11) is 0. The van der Waals surface area contributed by atoms with Crippen molar-refractivity contribution in [2.24, 2.45) is 11.3 Å². The number of benzene rings is 1. The number of halogens is 1. The molecule has 1 aliphatic heterocycles. The molecule has 0 saturated carbocycles. The predicted octanol–water partition coefficient (Wildman–Crippen LogP) is 4.41. The fourth-order valence-electron chi connectivity index (χ4n) is 3.48. The molecule has 2 atom stereocenters. The van der Waals surface area contributed by atoms with Gasteiger partial charge in [0.1, 0.15) is 6.61 Å². The van der Waals surface area contributed by atoms with Gasteiger partial charge in [-0.2, -0.15) is 0 Å². The third kappa shape index (κ3) is 6.64. The van der Waals surface area contributed by atoms with Crippen LogP contribution in [-0.2, 0) is 19.1 Å². The molecule has 0 spiro atoms. The van der Waals surface area contributed by atoms with Gasteiger partial charge in [-0.25, -0.2) is 4.79 Å². The van der Waals surface area contributed by atoms with Crippen LogP contribution in [0.15, 0.2) is 29.8 Å². The Morgan fingerprint density at radius 2 is 2.00 bits per heavy atom. The Morgan fingerprint density at radius 1 is 1.36 bits per heavy atom. The molecule has 0 bridgehead atoms. The molecular weight excluding hydrogens is 380 g/mol. The van der Waals surface area contributed by atoms with Crippen LogP contribution in [0.25, 0.3) is 6.08 Å². The summed E-state index contributed by atoms with van der Waals surface area (Å²) in [5, 5.41) is 10.4. The van der Waals surface area contributed by atoms with Crippen LogP contribution in [0.2, 0.25) is 5.02 Å². The van der Waals surface area contributed by atoms with Gasteiger partial charge in [-0.15, -0.1) is 0 Å². The maximum Gasteiger partial charge on any atom is 0.334 e.